The molecule has 1 aromatic carbocycles. The number of non-ortho nitro benzene ring substituents is 1. The van der Waals surface area contributed by atoms with Crippen molar-refractivity contribution in [1.82, 2.24) is 5.01 Å². The fourth-order valence-electron chi connectivity index (χ4n) is 2.35. The van der Waals surface area contributed by atoms with E-state index >= 15 is 0 Å². The molecule has 0 saturated heterocycles. The summed E-state index contributed by atoms with van der Waals surface area (Å²) in [5.74, 6) is 0.0276. The predicted molar refractivity (Wildman–Crippen MR) is 90.2 cm³/mol. The fraction of sp³-hybridized carbons (Fsp3) is 0.294. The van der Waals surface area contributed by atoms with Crippen molar-refractivity contribution in [2.45, 2.75) is 19.3 Å². The minimum absolute atomic E-state index is 0.0276. The van der Waals surface area contributed by atoms with Crippen molar-refractivity contribution in [1.29, 1.82) is 0 Å². The van der Waals surface area contributed by atoms with Crippen LogP contribution < -0.4 is 0 Å². The number of nitrogens with zero attached hydrogens (tertiary/aromatic N) is 3. The highest BCUT2D eigenvalue weighted by Gasteiger charge is 2.20. The van der Waals surface area contributed by atoms with E-state index in [2.05, 4.69) is 5.10 Å². The summed E-state index contributed by atoms with van der Waals surface area (Å²) in [6.45, 7) is 0. The molecule has 0 heterocycles. The molecule has 6 heteroatoms. The van der Waals surface area contributed by atoms with E-state index in [-0.39, 0.29) is 11.5 Å². The first-order valence-electron chi connectivity index (χ1n) is 7.37. The monoisotopic (exact) mass is 313 g/mol. The molecule has 0 unspecified atom stereocenters. The molecule has 1 aliphatic carbocycles. The second-order valence-corrected chi connectivity index (χ2v) is 5.50. The normalized spacial score (nSPS) is 18.8. The largest absolute Gasteiger partial charge is 0.303 e. The van der Waals surface area contributed by atoms with E-state index in [9.17, 15) is 14.9 Å². The maximum Gasteiger partial charge on any atom is 0.269 e. The average molecular weight is 313 g/mol. The van der Waals surface area contributed by atoms with Gasteiger partial charge in [0.15, 0.2) is 5.78 Å². The van der Waals surface area contributed by atoms with Crippen LogP contribution >= 0.6 is 0 Å². The Hall–Kier alpha value is -2.76. The summed E-state index contributed by atoms with van der Waals surface area (Å²) in [7, 11) is 3.63. The van der Waals surface area contributed by atoms with Crippen LogP contribution in [0.25, 0.3) is 6.08 Å². The van der Waals surface area contributed by atoms with Gasteiger partial charge in [-0.15, -0.1) is 0 Å². The van der Waals surface area contributed by atoms with E-state index < -0.39 is 4.92 Å². The Balaban J connectivity index is 2.18. The van der Waals surface area contributed by atoms with Crippen molar-refractivity contribution in [2.75, 3.05) is 14.1 Å². The Morgan fingerprint density at radius 1 is 1.17 bits per heavy atom. The van der Waals surface area contributed by atoms with Crippen LogP contribution in [0, 0.1) is 10.1 Å². The van der Waals surface area contributed by atoms with Crippen LogP contribution in [0.1, 0.15) is 24.8 Å². The van der Waals surface area contributed by atoms with E-state index in [1.807, 2.05) is 20.2 Å². The Bertz CT molecular complexity index is 686. The van der Waals surface area contributed by atoms with Crippen LogP contribution in [0.4, 0.5) is 5.69 Å². The maximum atomic E-state index is 12.5. The molecule has 0 amide bonds. The fourth-order valence-corrected chi connectivity index (χ4v) is 2.35. The number of carbonyl (C=O) groups is 1. The molecule has 0 bridgehead atoms. The zero-order chi connectivity index (χ0) is 16.8. The van der Waals surface area contributed by atoms with Crippen molar-refractivity contribution in [3.8, 4) is 0 Å². The smallest absolute Gasteiger partial charge is 0.269 e. The van der Waals surface area contributed by atoms with Gasteiger partial charge in [0.25, 0.3) is 5.69 Å². The summed E-state index contributed by atoms with van der Waals surface area (Å²) in [4.78, 5) is 22.7. The molecular formula is C17H19N3O3. The molecule has 0 spiro atoms. The molecule has 120 valence electrons. The van der Waals surface area contributed by atoms with Gasteiger partial charge < -0.3 is 5.01 Å². The number of hydrazone groups is 1. The third-order valence-corrected chi connectivity index (χ3v) is 3.49. The summed E-state index contributed by atoms with van der Waals surface area (Å²) < 4.78 is 0. The van der Waals surface area contributed by atoms with Crippen molar-refractivity contribution < 1.29 is 9.72 Å². The zero-order valence-corrected chi connectivity index (χ0v) is 13.2. The van der Waals surface area contributed by atoms with E-state index in [0.29, 0.717) is 0 Å². The van der Waals surface area contributed by atoms with Crippen LogP contribution in [0.15, 0.2) is 46.6 Å². The second kappa shape index (κ2) is 7.49. The Kier molecular flexibility index (Phi) is 5.41. The lowest BCUT2D eigenvalue weighted by molar-refractivity contribution is -0.384. The first kappa shape index (κ1) is 16.6. The Labute approximate surface area is 135 Å². The number of Topliss-reactive ketones (excluding diaryl/α,β-unsaturated/α-hetero) is 1. The molecule has 6 nitrogen and oxygen atoms in total. The summed E-state index contributed by atoms with van der Waals surface area (Å²) in [6, 6.07) is 6.20. The molecule has 0 aliphatic heterocycles. The van der Waals surface area contributed by atoms with Gasteiger partial charge in [0.1, 0.15) is 0 Å². The highest BCUT2D eigenvalue weighted by Crippen LogP contribution is 2.26. The zero-order valence-electron chi connectivity index (χ0n) is 13.2. The lowest BCUT2D eigenvalue weighted by Crippen LogP contribution is -2.12. The molecule has 0 N–H and O–H groups in total. The van der Waals surface area contributed by atoms with E-state index in [1.165, 1.54) is 12.1 Å². The highest BCUT2D eigenvalue weighted by molar-refractivity contribution is 6.13. The van der Waals surface area contributed by atoms with Crippen LogP contribution in [-0.4, -0.2) is 36.0 Å². The van der Waals surface area contributed by atoms with Gasteiger partial charge >= 0.3 is 0 Å². The average Bonchev–Trinajstić information content (AvgIpc) is 2.51. The van der Waals surface area contributed by atoms with Crippen LogP contribution in [0.3, 0.4) is 0 Å². The van der Waals surface area contributed by atoms with Gasteiger partial charge in [-0.25, -0.2) is 0 Å². The van der Waals surface area contributed by atoms with E-state index in [1.54, 1.807) is 29.4 Å². The number of benzene rings is 1. The Morgan fingerprint density at radius 2 is 1.83 bits per heavy atom. The number of nitro groups is 1. The molecule has 23 heavy (non-hydrogen) atoms. The first-order valence-corrected chi connectivity index (χ1v) is 7.37. The predicted octanol–water partition coefficient (Wildman–Crippen LogP) is 3.21. The molecule has 1 aliphatic rings. The third kappa shape index (κ3) is 4.60. The number of rotatable bonds is 4. The van der Waals surface area contributed by atoms with E-state index in [4.69, 9.17) is 0 Å². The topological polar surface area (TPSA) is 75.8 Å². The van der Waals surface area contributed by atoms with E-state index in [0.717, 1.165) is 36.0 Å². The quantitative estimate of drug-likeness (QED) is 0.370. The Morgan fingerprint density at radius 3 is 2.43 bits per heavy atom. The van der Waals surface area contributed by atoms with Gasteiger partial charge in [-0.2, -0.15) is 5.10 Å². The molecule has 2 rings (SSSR count). The maximum absolute atomic E-state index is 12.5. The molecule has 1 aromatic rings. The highest BCUT2D eigenvalue weighted by atomic mass is 16.6. The van der Waals surface area contributed by atoms with Gasteiger partial charge in [0.05, 0.1) is 4.92 Å². The SMILES string of the molecule is CN(C)N=CC=C1CCCC(=Cc2ccc([N+](=O)[O-])cc2)C1=O. The minimum atomic E-state index is -0.437. The molecule has 1 fully saturated rings. The molecular weight excluding hydrogens is 294 g/mol. The molecule has 0 radical (unpaired) electrons. The second-order valence-electron chi connectivity index (χ2n) is 5.50. The number of allylic oxidation sites excluding steroid dienone is 3. The lowest BCUT2D eigenvalue weighted by Gasteiger charge is -2.16. The molecule has 1 saturated carbocycles. The van der Waals surface area contributed by atoms with Crippen LogP contribution in [-0.2, 0) is 4.79 Å². The van der Waals surface area contributed by atoms with Crippen molar-refractivity contribution in [3.63, 3.8) is 0 Å². The van der Waals surface area contributed by atoms with Crippen LogP contribution in [0.2, 0.25) is 0 Å². The summed E-state index contributed by atoms with van der Waals surface area (Å²) in [5.41, 5.74) is 2.31. The first-order chi connectivity index (χ1) is 11.0. The van der Waals surface area contributed by atoms with Gasteiger partial charge in [-0.3, -0.25) is 14.9 Å². The number of ketones is 1. The third-order valence-electron chi connectivity index (χ3n) is 3.49. The summed E-state index contributed by atoms with van der Waals surface area (Å²) >= 11 is 0. The van der Waals surface area contributed by atoms with Crippen molar-refractivity contribution >= 4 is 23.8 Å². The van der Waals surface area contributed by atoms with Gasteiger partial charge in [-0.1, -0.05) is 0 Å². The van der Waals surface area contributed by atoms with Crippen LogP contribution in [0.5, 0.6) is 0 Å². The number of hydrogen-bond acceptors (Lipinski definition) is 5. The standard InChI is InChI=1S/C17H19N3O3/c1-19(2)18-11-10-14-4-3-5-15(17(14)21)12-13-6-8-16(9-7-13)20(22)23/h6-12H,3-5H2,1-2H3. The number of hydrogen-bond donors (Lipinski definition) is 0. The number of carbonyl (C=O) groups excluding carboxylic acids is 1. The van der Waals surface area contributed by atoms with Gasteiger partial charge in [-0.05, 0) is 49.1 Å². The van der Waals surface area contributed by atoms with Gasteiger partial charge in [0.2, 0.25) is 0 Å². The number of nitro benzene ring substituents is 1. The molecule has 0 aromatic heterocycles. The molecule has 0 atom stereocenters. The van der Waals surface area contributed by atoms with Crippen molar-refractivity contribution in [3.05, 3.63) is 57.2 Å². The summed E-state index contributed by atoms with van der Waals surface area (Å²) in [5, 5.41) is 16.4. The lowest BCUT2D eigenvalue weighted by atomic mass is 9.87. The van der Waals surface area contributed by atoms with Gasteiger partial charge in [0, 0.05) is 43.6 Å². The van der Waals surface area contributed by atoms with Crippen molar-refractivity contribution in [2.24, 2.45) is 5.10 Å². The minimum Gasteiger partial charge on any atom is -0.303 e. The summed E-state index contributed by atoms with van der Waals surface area (Å²) in [6.07, 6.45) is 7.56.